The molecule has 1 amide bonds. The largest absolute Gasteiger partial charge is 0.480 e. The van der Waals surface area contributed by atoms with Crippen LogP contribution in [0, 0.1) is 11.6 Å². The van der Waals surface area contributed by atoms with Gasteiger partial charge in [0.05, 0.1) is 5.02 Å². The molecule has 0 aromatic heterocycles. The SMILES string of the molecule is C[C@@H](OC(=O)COc1ccc(F)cc1Cl)C(=O)Nc1cccc(F)c1. The number of nitrogens with one attached hydrogen (secondary N) is 1. The molecule has 5 nitrogen and oxygen atoms in total. The van der Waals surface area contributed by atoms with Gasteiger partial charge in [-0.05, 0) is 43.3 Å². The van der Waals surface area contributed by atoms with Crippen molar-refractivity contribution < 1.29 is 27.8 Å². The number of halogens is 3. The van der Waals surface area contributed by atoms with E-state index in [0.717, 1.165) is 18.2 Å². The Balaban J connectivity index is 1.83. The summed E-state index contributed by atoms with van der Waals surface area (Å²) in [6.45, 7) is 0.848. The zero-order valence-corrected chi connectivity index (χ0v) is 13.8. The summed E-state index contributed by atoms with van der Waals surface area (Å²) < 4.78 is 36.0. The van der Waals surface area contributed by atoms with Crippen LogP contribution >= 0.6 is 11.6 Å². The molecule has 0 aliphatic heterocycles. The first-order valence-electron chi connectivity index (χ1n) is 7.19. The molecule has 1 N–H and O–H groups in total. The van der Waals surface area contributed by atoms with E-state index in [-0.39, 0.29) is 16.5 Å². The number of hydrogen-bond donors (Lipinski definition) is 1. The lowest BCUT2D eigenvalue weighted by atomic mass is 10.3. The number of hydrogen-bond acceptors (Lipinski definition) is 4. The minimum Gasteiger partial charge on any atom is -0.480 e. The third-order valence-corrected chi connectivity index (χ3v) is 3.30. The van der Waals surface area contributed by atoms with Gasteiger partial charge in [0.1, 0.15) is 17.4 Å². The monoisotopic (exact) mass is 369 g/mol. The van der Waals surface area contributed by atoms with Crippen molar-refractivity contribution in [3.8, 4) is 5.75 Å². The maximum absolute atomic E-state index is 13.1. The molecule has 0 saturated heterocycles. The summed E-state index contributed by atoms with van der Waals surface area (Å²) in [4.78, 5) is 23.6. The second kappa shape index (κ2) is 8.43. The Kier molecular flexibility index (Phi) is 6.30. The highest BCUT2D eigenvalue weighted by atomic mass is 35.5. The average Bonchev–Trinajstić information content (AvgIpc) is 2.54. The van der Waals surface area contributed by atoms with Crippen LogP contribution in [0.5, 0.6) is 5.75 Å². The molecule has 0 spiro atoms. The van der Waals surface area contributed by atoms with Gasteiger partial charge in [-0.2, -0.15) is 0 Å². The van der Waals surface area contributed by atoms with Gasteiger partial charge >= 0.3 is 5.97 Å². The highest BCUT2D eigenvalue weighted by Crippen LogP contribution is 2.24. The van der Waals surface area contributed by atoms with Gasteiger partial charge in [0.25, 0.3) is 5.91 Å². The summed E-state index contributed by atoms with van der Waals surface area (Å²) in [7, 11) is 0. The van der Waals surface area contributed by atoms with Gasteiger partial charge in [0.15, 0.2) is 12.7 Å². The van der Waals surface area contributed by atoms with Crippen molar-refractivity contribution in [1.29, 1.82) is 0 Å². The second-order valence-corrected chi connectivity index (χ2v) is 5.40. The van der Waals surface area contributed by atoms with Crippen molar-refractivity contribution in [3.05, 3.63) is 59.1 Å². The van der Waals surface area contributed by atoms with Gasteiger partial charge in [0.2, 0.25) is 0 Å². The van der Waals surface area contributed by atoms with Crippen LogP contribution in [0.4, 0.5) is 14.5 Å². The molecule has 8 heteroatoms. The molecular formula is C17H14ClF2NO4. The number of rotatable bonds is 6. The first kappa shape index (κ1) is 18.7. The summed E-state index contributed by atoms with van der Waals surface area (Å²) in [5, 5.41) is 2.42. The molecule has 132 valence electrons. The Hall–Kier alpha value is -2.67. The van der Waals surface area contributed by atoms with E-state index in [1.54, 1.807) is 0 Å². The van der Waals surface area contributed by atoms with E-state index < -0.39 is 36.2 Å². The van der Waals surface area contributed by atoms with Crippen LogP contribution in [0.15, 0.2) is 42.5 Å². The molecule has 0 aliphatic carbocycles. The highest BCUT2D eigenvalue weighted by Gasteiger charge is 2.19. The number of amides is 1. The molecule has 2 rings (SSSR count). The quantitative estimate of drug-likeness (QED) is 0.791. The Morgan fingerprint density at radius 3 is 2.56 bits per heavy atom. The van der Waals surface area contributed by atoms with Gasteiger partial charge in [0, 0.05) is 5.69 Å². The van der Waals surface area contributed by atoms with Crippen molar-refractivity contribution in [1.82, 2.24) is 0 Å². The standard InChI is InChI=1S/C17H14ClF2NO4/c1-10(17(23)21-13-4-2-3-11(19)7-13)25-16(22)9-24-15-6-5-12(20)8-14(15)18/h2-8,10H,9H2,1H3,(H,21,23)/t10-/m1/s1. The van der Waals surface area contributed by atoms with E-state index in [0.29, 0.717) is 0 Å². The molecule has 0 unspecified atom stereocenters. The van der Waals surface area contributed by atoms with Crippen molar-refractivity contribution in [2.45, 2.75) is 13.0 Å². The predicted octanol–water partition coefficient (Wildman–Crippen LogP) is 3.57. The van der Waals surface area contributed by atoms with Crippen LogP contribution in [-0.2, 0) is 14.3 Å². The minimum atomic E-state index is -1.12. The minimum absolute atomic E-state index is 0.00435. The van der Waals surface area contributed by atoms with Crippen molar-refractivity contribution in [3.63, 3.8) is 0 Å². The number of carbonyl (C=O) groups is 2. The fourth-order valence-corrected chi connectivity index (χ4v) is 2.05. The molecule has 0 heterocycles. The van der Waals surface area contributed by atoms with E-state index in [4.69, 9.17) is 21.1 Å². The Labute approximate surface area is 147 Å². The van der Waals surface area contributed by atoms with E-state index in [1.807, 2.05) is 0 Å². The van der Waals surface area contributed by atoms with Crippen LogP contribution < -0.4 is 10.1 Å². The van der Waals surface area contributed by atoms with E-state index >= 15 is 0 Å². The van der Waals surface area contributed by atoms with Gasteiger partial charge in [-0.15, -0.1) is 0 Å². The summed E-state index contributed by atoms with van der Waals surface area (Å²) in [5.41, 5.74) is 0.238. The molecule has 2 aromatic rings. The fraction of sp³-hybridized carbons (Fsp3) is 0.176. The molecule has 0 bridgehead atoms. The highest BCUT2D eigenvalue weighted by molar-refractivity contribution is 6.32. The topological polar surface area (TPSA) is 64.6 Å². The van der Waals surface area contributed by atoms with E-state index in [1.165, 1.54) is 31.2 Å². The maximum atomic E-state index is 13.1. The molecule has 25 heavy (non-hydrogen) atoms. The lowest BCUT2D eigenvalue weighted by molar-refractivity contribution is -0.155. The number of esters is 1. The normalized spacial score (nSPS) is 11.5. The maximum Gasteiger partial charge on any atom is 0.344 e. The zero-order chi connectivity index (χ0) is 18.4. The lowest BCUT2D eigenvalue weighted by Crippen LogP contribution is -2.31. The van der Waals surface area contributed by atoms with Crippen LogP contribution in [-0.4, -0.2) is 24.6 Å². The fourth-order valence-electron chi connectivity index (χ4n) is 1.82. The summed E-state index contributed by atoms with van der Waals surface area (Å²) >= 11 is 5.76. The average molecular weight is 370 g/mol. The smallest absolute Gasteiger partial charge is 0.344 e. The molecule has 1 atom stereocenters. The molecule has 0 saturated carbocycles. The molecular weight excluding hydrogens is 356 g/mol. The van der Waals surface area contributed by atoms with Crippen molar-refractivity contribution >= 4 is 29.2 Å². The lowest BCUT2D eigenvalue weighted by Gasteiger charge is -2.14. The number of carbonyl (C=O) groups excluding carboxylic acids is 2. The Morgan fingerprint density at radius 2 is 1.88 bits per heavy atom. The molecule has 0 fully saturated rings. The van der Waals surface area contributed by atoms with Crippen molar-refractivity contribution in [2.75, 3.05) is 11.9 Å². The van der Waals surface area contributed by atoms with Crippen LogP contribution in [0.1, 0.15) is 6.92 Å². The van der Waals surface area contributed by atoms with E-state index in [9.17, 15) is 18.4 Å². The van der Waals surface area contributed by atoms with Crippen molar-refractivity contribution in [2.24, 2.45) is 0 Å². The van der Waals surface area contributed by atoms with Crippen LogP contribution in [0.2, 0.25) is 5.02 Å². The molecule has 2 aromatic carbocycles. The first-order valence-corrected chi connectivity index (χ1v) is 7.56. The third kappa shape index (κ3) is 5.72. The van der Waals surface area contributed by atoms with Gasteiger partial charge in [-0.3, -0.25) is 4.79 Å². The van der Waals surface area contributed by atoms with Gasteiger partial charge in [-0.25, -0.2) is 13.6 Å². The third-order valence-electron chi connectivity index (χ3n) is 3.01. The van der Waals surface area contributed by atoms with E-state index in [2.05, 4.69) is 5.32 Å². The Morgan fingerprint density at radius 1 is 1.16 bits per heavy atom. The predicted molar refractivity (Wildman–Crippen MR) is 87.5 cm³/mol. The number of ether oxygens (including phenoxy) is 2. The van der Waals surface area contributed by atoms with Gasteiger partial charge < -0.3 is 14.8 Å². The summed E-state index contributed by atoms with van der Waals surface area (Å²) in [6.07, 6.45) is -1.12. The zero-order valence-electron chi connectivity index (χ0n) is 13.1. The first-order chi connectivity index (χ1) is 11.8. The van der Waals surface area contributed by atoms with Gasteiger partial charge in [-0.1, -0.05) is 17.7 Å². The number of benzene rings is 2. The second-order valence-electron chi connectivity index (χ2n) is 5.00. The molecule has 0 radical (unpaired) electrons. The van der Waals surface area contributed by atoms with Crippen LogP contribution in [0.25, 0.3) is 0 Å². The molecule has 0 aliphatic rings. The summed E-state index contributed by atoms with van der Waals surface area (Å²) in [5.74, 6) is -2.38. The number of anilines is 1. The Bertz CT molecular complexity index is 785. The van der Waals surface area contributed by atoms with Crippen LogP contribution in [0.3, 0.4) is 0 Å². The summed E-state index contributed by atoms with van der Waals surface area (Å²) in [6, 6.07) is 8.73.